The van der Waals surface area contributed by atoms with E-state index in [1.807, 2.05) is 0 Å². The Balaban J connectivity index is 2.96. The number of rotatable bonds is 5. The van der Waals surface area contributed by atoms with E-state index in [0.717, 1.165) is 5.32 Å². The summed E-state index contributed by atoms with van der Waals surface area (Å²) in [6.07, 6.45) is 1.74. The van der Waals surface area contributed by atoms with Crippen molar-refractivity contribution >= 4 is 28.6 Å². The molecule has 1 atom stereocenters. The van der Waals surface area contributed by atoms with Crippen molar-refractivity contribution in [1.82, 2.24) is 0 Å². The maximum absolute atomic E-state index is 5.12. The van der Waals surface area contributed by atoms with Gasteiger partial charge in [0.05, 0.1) is 0 Å². The molecule has 0 aliphatic carbocycles. The summed E-state index contributed by atoms with van der Waals surface area (Å²) in [5.74, 6) is 0. The van der Waals surface area contributed by atoms with Gasteiger partial charge in [-0.05, 0) is 0 Å². The summed E-state index contributed by atoms with van der Waals surface area (Å²) in [6.45, 7) is 4.84. The second kappa shape index (κ2) is 6.69. The van der Waals surface area contributed by atoms with Gasteiger partial charge >= 0.3 is 69.8 Å². The Labute approximate surface area is 70.1 Å². The zero-order chi connectivity index (χ0) is 7.11. The number of thiol groups is 1. The monoisotopic (exact) mass is 211 g/mol. The van der Waals surface area contributed by atoms with E-state index in [9.17, 15) is 0 Å². The van der Waals surface area contributed by atoms with E-state index in [2.05, 4.69) is 35.2 Å². The van der Waals surface area contributed by atoms with Crippen LogP contribution in [-0.4, -0.2) is 34.5 Å². The van der Waals surface area contributed by atoms with E-state index in [-0.39, 0.29) is 0 Å². The molecule has 0 saturated heterocycles. The summed E-state index contributed by atoms with van der Waals surface area (Å²) in [7, 11) is 0. The molecule has 0 aromatic heterocycles. The molecule has 0 amide bonds. The summed E-state index contributed by atoms with van der Waals surface area (Å²) in [6, 6.07) is 0. The third-order valence-corrected chi connectivity index (χ3v) is 2.47. The van der Waals surface area contributed by atoms with Crippen LogP contribution in [0, 0.1) is 0 Å². The minimum atomic E-state index is 0.324. The molecule has 0 N–H and O–H groups in total. The van der Waals surface area contributed by atoms with Crippen molar-refractivity contribution in [3.8, 4) is 0 Å². The molecule has 0 aliphatic rings. The second-order valence-electron chi connectivity index (χ2n) is 1.65. The average molecular weight is 210 g/mol. The molecular weight excluding hydrogens is 199 g/mol. The first kappa shape index (κ1) is 9.57. The molecular formula is C6H11OSSe. The van der Waals surface area contributed by atoms with E-state index in [4.69, 9.17) is 4.74 Å². The van der Waals surface area contributed by atoms with Gasteiger partial charge < -0.3 is 0 Å². The SMILES string of the molecule is C=CCOCC(S)C[Se]. The van der Waals surface area contributed by atoms with Crippen LogP contribution in [0.3, 0.4) is 0 Å². The van der Waals surface area contributed by atoms with Crippen LogP contribution >= 0.6 is 12.6 Å². The van der Waals surface area contributed by atoms with Crippen molar-refractivity contribution < 1.29 is 4.74 Å². The Morgan fingerprint density at radius 3 is 2.89 bits per heavy atom. The number of hydrogen-bond acceptors (Lipinski definition) is 2. The van der Waals surface area contributed by atoms with Gasteiger partial charge in [0, 0.05) is 0 Å². The van der Waals surface area contributed by atoms with Crippen LogP contribution < -0.4 is 0 Å². The van der Waals surface area contributed by atoms with E-state index >= 15 is 0 Å². The maximum atomic E-state index is 5.12. The molecule has 0 aromatic carbocycles. The zero-order valence-corrected chi connectivity index (χ0v) is 7.85. The molecule has 0 fully saturated rings. The van der Waals surface area contributed by atoms with Gasteiger partial charge in [0.15, 0.2) is 0 Å². The van der Waals surface area contributed by atoms with Gasteiger partial charge in [-0.3, -0.25) is 0 Å². The van der Waals surface area contributed by atoms with Crippen LogP contribution in [0.1, 0.15) is 0 Å². The van der Waals surface area contributed by atoms with Crippen molar-refractivity contribution in [2.75, 3.05) is 13.2 Å². The summed E-state index contributed by atoms with van der Waals surface area (Å²) >= 11 is 7.10. The van der Waals surface area contributed by atoms with Crippen LogP contribution in [0.5, 0.6) is 0 Å². The van der Waals surface area contributed by atoms with Crippen molar-refractivity contribution in [2.24, 2.45) is 0 Å². The van der Waals surface area contributed by atoms with Gasteiger partial charge in [-0.15, -0.1) is 0 Å². The summed E-state index contributed by atoms with van der Waals surface area (Å²) < 4.78 is 5.12. The van der Waals surface area contributed by atoms with Gasteiger partial charge in [-0.2, -0.15) is 0 Å². The predicted octanol–water partition coefficient (Wildman–Crippen LogP) is 1.07. The Morgan fingerprint density at radius 2 is 2.44 bits per heavy atom. The molecule has 9 heavy (non-hydrogen) atoms. The van der Waals surface area contributed by atoms with Crippen molar-refractivity contribution in [3.63, 3.8) is 0 Å². The molecule has 1 unspecified atom stereocenters. The van der Waals surface area contributed by atoms with Gasteiger partial charge in [-0.1, -0.05) is 0 Å². The predicted molar refractivity (Wildman–Crippen MR) is 44.4 cm³/mol. The van der Waals surface area contributed by atoms with Crippen LogP contribution in [0.15, 0.2) is 12.7 Å². The van der Waals surface area contributed by atoms with Crippen LogP contribution in [0.4, 0.5) is 0 Å². The van der Waals surface area contributed by atoms with Crippen molar-refractivity contribution in [1.29, 1.82) is 0 Å². The third-order valence-electron chi connectivity index (χ3n) is 0.738. The third kappa shape index (κ3) is 6.45. The molecule has 0 bridgehead atoms. The fourth-order valence-corrected chi connectivity index (χ4v) is 0.643. The zero-order valence-electron chi connectivity index (χ0n) is 5.25. The summed E-state index contributed by atoms with van der Waals surface area (Å²) in [5, 5.41) is 1.25. The first-order valence-corrected chi connectivity index (χ1v) is 4.48. The molecule has 3 heteroatoms. The summed E-state index contributed by atoms with van der Waals surface area (Å²) in [5.41, 5.74) is 0. The van der Waals surface area contributed by atoms with Crippen LogP contribution in [0.2, 0.25) is 5.32 Å². The quantitative estimate of drug-likeness (QED) is 0.309. The topological polar surface area (TPSA) is 9.23 Å². The molecule has 0 rings (SSSR count). The molecule has 0 aromatic rings. The standard InChI is InChI=1S/C6H11OSSe/c1-2-3-7-4-6(8)5-9/h2,6,8H,1,3-5H2. The Kier molecular flexibility index (Phi) is 7.11. The number of ether oxygens (including phenoxy) is 1. The van der Waals surface area contributed by atoms with Crippen LogP contribution in [0.25, 0.3) is 0 Å². The Bertz CT molecular complexity index is 77.5. The van der Waals surface area contributed by atoms with E-state index < -0.39 is 0 Å². The van der Waals surface area contributed by atoms with E-state index in [1.165, 1.54) is 0 Å². The molecule has 0 saturated carbocycles. The van der Waals surface area contributed by atoms with E-state index in [0.29, 0.717) is 18.5 Å². The molecule has 0 spiro atoms. The molecule has 1 nitrogen and oxygen atoms in total. The van der Waals surface area contributed by atoms with Gasteiger partial charge in [0.1, 0.15) is 0 Å². The molecule has 1 radical (unpaired) electrons. The van der Waals surface area contributed by atoms with E-state index in [1.54, 1.807) is 6.08 Å². The molecule has 53 valence electrons. The first-order valence-electron chi connectivity index (χ1n) is 2.76. The first-order chi connectivity index (χ1) is 4.31. The molecule has 0 aliphatic heterocycles. The average Bonchev–Trinajstić information content (AvgIpc) is 1.89. The fourth-order valence-electron chi connectivity index (χ4n) is 0.336. The van der Waals surface area contributed by atoms with Gasteiger partial charge in [0.25, 0.3) is 0 Å². The number of hydrogen-bond donors (Lipinski definition) is 1. The minimum absolute atomic E-state index is 0.324. The van der Waals surface area contributed by atoms with Crippen LogP contribution in [-0.2, 0) is 4.74 Å². The van der Waals surface area contributed by atoms with Crippen molar-refractivity contribution in [3.05, 3.63) is 12.7 Å². The van der Waals surface area contributed by atoms with Gasteiger partial charge in [0.2, 0.25) is 0 Å². The fraction of sp³-hybridized carbons (Fsp3) is 0.667. The summed E-state index contributed by atoms with van der Waals surface area (Å²) in [4.78, 5) is 0. The van der Waals surface area contributed by atoms with Gasteiger partial charge in [-0.25, -0.2) is 0 Å². The Hall–Kier alpha value is 0.569. The molecule has 0 heterocycles. The normalized spacial score (nSPS) is 13.1. The van der Waals surface area contributed by atoms with Crippen molar-refractivity contribution in [2.45, 2.75) is 10.6 Å². The second-order valence-corrected chi connectivity index (χ2v) is 3.08. The Morgan fingerprint density at radius 1 is 1.78 bits per heavy atom.